The fourth-order valence-electron chi connectivity index (χ4n) is 4.90. The summed E-state index contributed by atoms with van der Waals surface area (Å²) in [6.45, 7) is -0.155. The zero-order chi connectivity index (χ0) is 36.0. The van der Waals surface area contributed by atoms with Crippen molar-refractivity contribution in [1.82, 2.24) is 10.6 Å². The second-order valence-electron chi connectivity index (χ2n) is 11.7. The molecule has 262 valence electrons. The first kappa shape index (κ1) is 37.1. The van der Waals surface area contributed by atoms with Gasteiger partial charge in [0.05, 0.1) is 17.4 Å². The molecular weight excluding hydrogens is 644 g/mol. The summed E-state index contributed by atoms with van der Waals surface area (Å²) >= 11 is 0. The summed E-state index contributed by atoms with van der Waals surface area (Å²) in [7, 11) is 3.90. The van der Waals surface area contributed by atoms with Crippen LogP contribution < -0.4 is 31.7 Å². The lowest BCUT2D eigenvalue weighted by molar-refractivity contribution is -0.123. The van der Waals surface area contributed by atoms with Crippen molar-refractivity contribution in [2.75, 3.05) is 44.4 Å². The number of nitrogens with two attached hydrogens (primary N) is 2. The minimum atomic E-state index is -0.999. The molecule has 0 saturated carbocycles. The van der Waals surface area contributed by atoms with Gasteiger partial charge in [-0.05, 0) is 117 Å². The zero-order valence-electron chi connectivity index (χ0n) is 28.0. The van der Waals surface area contributed by atoms with Crippen LogP contribution in [0, 0.1) is 11.6 Å². The number of azo groups is 1. The first-order valence-electron chi connectivity index (χ1n) is 16.1. The maximum Gasteiger partial charge on any atom is 0.251 e. The van der Waals surface area contributed by atoms with E-state index < -0.39 is 41.7 Å². The molecule has 1 atom stereocenters. The van der Waals surface area contributed by atoms with Gasteiger partial charge in [-0.25, -0.2) is 8.78 Å². The third kappa shape index (κ3) is 10.9. The van der Waals surface area contributed by atoms with E-state index in [1.165, 1.54) is 6.07 Å². The van der Waals surface area contributed by atoms with E-state index in [2.05, 4.69) is 20.9 Å². The van der Waals surface area contributed by atoms with Crippen molar-refractivity contribution in [2.45, 2.75) is 31.7 Å². The number of hydrogen-bond donors (Lipinski definition) is 4. The molecule has 0 bridgehead atoms. The van der Waals surface area contributed by atoms with Gasteiger partial charge in [-0.2, -0.15) is 10.2 Å². The maximum absolute atomic E-state index is 14.9. The van der Waals surface area contributed by atoms with Gasteiger partial charge in [0.2, 0.25) is 0 Å². The molecule has 4 aromatic carbocycles. The average Bonchev–Trinajstić information content (AvgIpc) is 3.10. The smallest absolute Gasteiger partial charge is 0.251 e. The molecule has 50 heavy (non-hydrogen) atoms. The highest BCUT2D eigenvalue weighted by Gasteiger charge is 2.23. The number of nitrogens with zero attached hydrogens (tertiary/aromatic N) is 3. The van der Waals surface area contributed by atoms with Gasteiger partial charge >= 0.3 is 0 Å². The van der Waals surface area contributed by atoms with Crippen LogP contribution in [0.4, 0.5) is 31.5 Å². The number of benzene rings is 4. The molecule has 0 heterocycles. The molecule has 0 aromatic heterocycles. The van der Waals surface area contributed by atoms with Crippen molar-refractivity contribution in [2.24, 2.45) is 16.0 Å². The fraction of sp³-hybridized carbons (Fsp3) is 0.270. The van der Waals surface area contributed by atoms with Crippen molar-refractivity contribution in [3.63, 3.8) is 0 Å². The van der Waals surface area contributed by atoms with E-state index in [-0.39, 0.29) is 36.4 Å². The number of ether oxygens (including phenoxy) is 1. The molecule has 0 spiro atoms. The first-order chi connectivity index (χ1) is 24.0. The number of ketones is 1. The molecule has 0 aliphatic heterocycles. The first-order valence-corrected chi connectivity index (χ1v) is 16.1. The summed E-state index contributed by atoms with van der Waals surface area (Å²) in [5.74, 6) is -4.15. The van der Waals surface area contributed by atoms with Gasteiger partial charge in [0.25, 0.3) is 11.8 Å². The molecule has 13 heteroatoms. The molecule has 0 saturated heterocycles. The van der Waals surface area contributed by atoms with Crippen LogP contribution in [-0.2, 0) is 11.2 Å². The zero-order valence-corrected chi connectivity index (χ0v) is 28.0. The van der Waals surface area contributed by atoms with Crippen molar-refractivity contribution in [3.05, 3.63) is 113 Å². The number of rotatable bonds is 17. The van der Waals surface area contributed by atoms with E-state index in [4.69, 9.17) is 16.2 Å². The monoisotopic (exact) mass is 685 g/mol. The molecule has 4 rings (SSSR count). The number of carbonyl (C=O) groups is 3. The summed E-state index contributed by atoms with van der Waals surface area (Å²) in [5, 5.41) is 13.8. The Morgan fingerprint density at radius 1 is 0.840 bits per heavy atom. The lowest BCUT2D eigenvalue weighted by Crippen LogP contribution is -2.43. The van der Waals surface area contributed by atoms with Crippen molar-refractivity contribution >= 4 is 40.3 Å². The molecule has 1 unspecified atom stereocenters. The summed E-state index contributed by atoms with van der Waals surface area (Å²) in [4.78, 5) is 40.4. The molecule has 6 N–H and O–H groups in total. The van der Waals surface area contributed by atoms with Crippen LogP contribution in [0.3, 0.4) is 0 Å². The number of hydrogen-bond acceptors (Lipinski definition) is 9. The summed E-state index contributed by atoms with van der Waals surface area (Å²) in [6, 6.07) is 21.6. The van der Waals surface area contributed by atoms with Gasteiger partial charge in [-0.3, -0.25) is 14.4 Å². The van der Waals surface area contributed by atoms with Crippen molar-refractivity contribution in [1.29, 1.82) is 0 Å². The average molecular weight is 686 g/mol. The van der Waals surface area contributed by atoms with E-state index in [0.717, 1.165) is 17.8 Å². The van der Waals surface area contributed by atoms with Gasteiger partial charge in [-0.1, -0.05) is 6.07 Å². The van der Waals surface area contributed by atoms with Gasteiger partial charge in [0.15, 0.2) is 23.2 Å². The van der Waals surface area contributed by atoms with Crippen LogP contribution in [0.1, 0.15) is 45.5 Å². The number of carbonyl (C=O) groups excluding carboxylic acids is 3. The predicted molar refractivity (Wildman–Crippen MR) is 189 cm³/mol. The molecule has 0 radical (unpaired) electrons. The topological polar surface area (TPSA) is 165 Å². The summed E-state index contributed by atoms with van der Waals surface area (Å²) in [6.07, 6.45) is 1.57. The van der Waals surface area contributed by atoms with E-state index in [1.807, 2.05) is 43.3 Å². The normalized spacial score (nSPS) is 11.6. The molecule has 4 aromatic rings. The van der Waals surface area contributed by atoms with Gasteiger partial charge in [0.1, 0.15) is 6.61 Å². The number of halogens is 2. The molecular formula is C37H41F2N7O4. The molecule has 11 nitrogen and oxygen atoms in total. The molecule has 0 aliphatic rings. The highest BCUT2D eigenvalue weighted by Crippen LogP contribution is 2.25. The second-order valence-corrected chi connectivity index (χ2v) is 11.7. The van der Waals surface area contributed by atoms with Crippen LogP contribution in [0.5, 0.6) is 5.75 Å². The Morgan fingerprint density at radius 3 is 2.08 bits per heavy atom. The lowest BCUT2D eigenvalue weighted by atomic mass is 10.0. The van der Waals surface area contributed by atoms with Gasteiger partial charge in [-0.15, -0.1) is 0 Å². The van der Waals surface area contributed by atoms with Gasteiger partial charge in [0, 0.05) is 43.1 Å². The number of Topliss-reactive ketones (excluding diaryl/α,β-unsaturated/α-hetero) is 1. The highest BCUT2D eigenvalue weighted by atomic mass is 19.1. The Bertz CT molecular complexity index is 1780. The predicted octanol–water partition coefficient (Wildman–Crippen LogP) is 5.88. The Morgan fingerprint density at radius 2 is 1.48 bits per heavy atom. The number of amides is 2. The van der Waals surface area contributed by atoms with E-state index in [1.54, 1.807) is 42.5 Å². The van der Waals surface area contributed by atoms with Crippen LogP contribution >= 0.6 is 0 Å². The highest BCUT2D eigenvalue weighted by molar-refractivity contribution is 5.98. The number of unbranched alkanes of at least 4 members (excludes halogenated alkanes) is 1. The summed E-state index contributed by atoms with van der Waals surface area (Å²) in [5.41, 5.74) is 15.0. The Kier molecular flexibility index (Phi) is 13.5. The standard InChI is InChI=1S/C37H41F2N7O4/c1-46(2)30-15-13-29(14-16-30)45-44-28-11-9-25(10-12-28)36(48)42-19-17-24-20-31(38)35(32(39)21-24)50-23-34(47)33(8-3-4-18-40)43-37(49)26-6-5-7-27(41)22-26/h5-7,9-16,20-22,33H,3-4,8,17-19,23,40-41H2,1-2H3,(H,42,48)(H,43,49)/b45-44+. The van der Waals surface area contributed by atoms with E-state index in [0.29, 0.717) is 42.0 Å². The molecule has 2 amide bonds. The van der Waals surface area contributed by atoms with E-state index in [9.17, 15) is 23.2 Å². The Hall–Kier alpha value is -5.69. The molecule has 0 fully saturated rings. The lowest BCUT2D eigenvalue weighted by Gasteiger charge is -2.18. The third-order valence-electron chi connectivity index (χ3n) is 7.68. The number of nitrogens with one attached hydrogen (secondary N) is 2. The Labute approximate surface area is 289 Å². The van der Waals surface area contributed by atoms with Crippen LogP contribution in [0.15, 0.2) is 95.2 Å². The van der Waals surface area contributed by atoms with Crippen LogP contribution in [0.2, 0.25) is 0 Å². The quantitative estimate of drug-likeness (QED) is 0.0613. The van der Waals surface area contributed by atoms with Crippen molar-refractivity contribution in [3.8, 4) is 5.75 Å². The summed E-state index contributed by atoms with van der Waals surface area (Å²) < 4.78 is 35.1. The van der Waals surface area contributed by atoms with Crippen LogP contribution in [-0.4, -0.2) is 57.4 Å². The minimum Gasteiger partial charge on any atom is -0.480 e. The van der Waals surface area contributed by atoms with Crippen molar-refractivity contribution < 1.29 is 27.9 Å². The maximum atomic E-state index is 14.9. The van der Waals surface area contributed by atoms with Gasteiger partial charge < -0.3 is 31.7 Å². The largest absolute Gasteiger partial charge is 0.480 e. The number of anilines is 2. The third-order valence-corrected chi connectivity index (χ3v) is 7.68. The fourth-order valence-corrected chi connectivity index (χ4v) is 4.90. The van der Waals surface area contributed by atoms with E-state index >= 15 is 0 Å². The second kappa shape index (κ2) is 18.2. The molecule has 0 aliphatic carbocycles. The minimum absolute atomic E-state index is 0.109. The van der Waals surface area contributed by atoms with Crippen LogP contribution in [0.25, 0.3) is 0 Å². The Balaban J connectivity index is 1.28. The number of nitrogen functional groups attached to an aromatic ring is 1. The SMILES string of the molecule is CN(C)c1ccc(/N=N/c2ccc(C(=O)NCCc3cc(F)c(OCC(=O)C(CCCCN)NC(=O)c4cccc(N)c4)c(F)c3)cc2)cc1.